The molecule has 1 fully saturated rings. The minimum Gasteiger partial charge on any atom is -0.497 e. The molecular weight excluding hydrogens is 342 g/mol. The van der Waals surface area contributed by atoms with Gasteiger partial charge in [-0.3, -0.25) is 9.59 Å². The lowest BCUT2D eigenvalue weighted by Gasteiger charge is -2.30. The number of rotatable bonds is 5. The fourth-order valence-electron chi connectivity index (χ4n) is 3.38. The summed E-state index contributed by atoms with van der Waals surface area (Å²) in [7, 11) is 1.64. The molecule has 1 aliphatic rings. The summed E-state index contributed by atoms with van der Waals surface area (Å²) < 4.78 is 10.5. The highest BCUT2D eigenvalue weighted by atomic mass is 16.5. The number of esters is 1. The van der Waals surface area contributed by atoms with Gasteiger partial charge in [0.25, 0.3) is 5.91 Å². The van der Waals surface area contributed by atoms with E-state index in [1.807, 2.05) is 36.4 Å². The molecule has 0 aliphatic carbocycles. The van der Waals surface area contributed by atoms with Crippen molar-refractivity contribution in [3.8, 4) is 5.75 Å². The van der Waals surface area contributed by atoms with Crippen molar-refractivity contribution >= 4 is 22.6 Å². The van der Waals surface area contributed by atoms with Crippen molar-refractivity contribution in [3.05, 3.63) is 42.0 Å². The predicted molar refractivity (Wildman–Crippen MR) is 105 cm³/mol. The first-order valence-electron chi connectivity index (χ1n) is 9.50. The van der Waals surface area contributed by atoms with Crippen LogP contribution in [0, 0.1) is 5.92 Å². The van der Waals surface area contributed by atoms with Crippen LogP contribution in [0.25, 0.3) is 10.8 Å². The quantitative estimate of drug-likeness (QED) is 0.753. The molecule has 1 heterocycles. The predicted octanol–water partition coefficient (Wildman–Crippen LogP) is 3.75. The van der Waals surface area contributed by atoms with Crippen LogP contribution in [-0.4, -0.2) is 43.6 Å². The van der Waals surface area contributed by atoms with Gasteiger partial charge >= 0.3 is 5.97 Å². The van der Waals surface area contributed by atoms with Crippen LogP contribution in [0.3, 0.4) is 0 Å². The molecule has 2 aromatic rings. The summed E-state index contributed by atoms with van der Waals surface area (Å²) in [5, 5.41) is 2.08. The fourth-order valence-corrected chi connectivity index (χ4v) is 3.38. The van der Waals surface area contributed by atoms with Crippen molar-refractivity contribution in [3.63, 3.8) is 0 Å². The Balaban J connectivity index is 1.59. The van der Waals surface area contributed by atoms with Gasteiger partial charge in [0.15, 0.2) is 6.61 Å². The van der Waals surface area contributed by atoms with E-state index in [0.717, 1.165) is 48.0 Å². The minimum atomic E-state index is -0.425. The lowest BCUT2D eigenvalue weighted by atomic mass is 9.98. The van der Waals surface area contributed by atoms with Crippen LogP contribution in [0.2, 0.25) is 0 Å². The molecule has 0 unspecified atom stereocenters. The number of ether oxygens (including phenoxy) is 2. The Bertz CT molecular complexity index is 824. The van der Waals surface area contributed by atoms with Crippen molar-refractivity contribution in [2.45, 2.75) is 32.6 Å². The molecule has 0 radical (unpaired) electrons. The maximum atomic E-state index is 12.4. The number of carbonyl (C=O) groups excluding carboxylic acids is 2. The zero-order valence-electron chi connectivity index (χ0n) is 16.2. The van der Waals surface area contributed by atoms with E-state index in [1.54, 1.807) is 18.9 Å². The van der Waals surface area contributed by atoms with E-state index in [9.17, 15) is 9.59 Å². The van der Waals surface area contributed by atoms with Crippen LogP contribution in [0.4, 0.5) is 0 Å². The van der Waals surface area contributed by atoms with Crippen molar-refractivity contribution in [2.24, 2.45) is 5.92 Å². The Kier molecular flexibility index (Phi) is 5.99. The average Bonchev–Trinajstić information content (AvgIpc) is 2.70. The van der Waals surface area contributed by atoms with Crippen LogP contribution in [-0.2, 0) is 14.3 Å². The maximum Gasteiger partial charge on any atom is 0.313 e. The molecular formula is C22H27NO4. The molecule has 5 heteroatoms. The minimum absolute atomic E-state index is 0.104. The van der Waals surface area contributed by atoms with E-state index in [-0.39, 0.29) is 18.5 Å². The monoisotopic (exact) mass is 369 g/mol. The molecule has 1 aliphatic heterocycles. The number of methoxy groups -OCH3 is 1. The zero-order valence-corrected chi connectivity index (χ0v) is 16.2. The van der Waals surface area contributed by atoms with Crippen molar-refractivity contribution in [2.75, 3.05) is 26.8 Å². The standard InChI is InChI=1S/C22H27NO4/c1-15-8-10-23(11-9-15)21(24)14-27-22(25)16(2)17-4-5-19-13-20(26-3)7-6-18(19)12-17/h4-7,12-13,15-16H,8-11,14H2,1-3H3/t16-/m0/s1. The van der Waals surface area contributed by atoms with Gasteiger partial charge in [-0.05, 0) is 54.2 Å². The smallest absolute Gasteiger partial charge is 0.313 e. The Morgan fingerprint density at radius 2 is 1.78 bits per heavy atom. The summed E-state index contributed by atoms with van der Waals surface area (Å²) in [6.45, 7) is 5.33. The number of nitrogens with zero attached hydrogens (tertiary/aromatic N) is 1. The van der Waals surface area contributed by atoms with Gasteiger partial charge in [-0.25, -0.2) is 0 Å². The van der Waals surface area contributed by atoms with E-state index < -0.39 is 5.92 Å². The van der Waals surface area contributed by atoms with Gasteiger partial charge in [0, 0.05) is 13.1 Å². The van der Waals surface area contributed by atoms with Gasteiger partial charge < -0.3 is 14.4 Å². The van der Waals surface area contributed by atoms with Gasteiger partial charge in [-0.15, -0.1) is 0 Å². The molecule has 1 atom stereocenters. The highest BCUT2D eigenvalue weighted by Gasteiger charge is 2.23. The van der Waals surface area contributed by atoms with Crippen LogP contribution in [0.15, 0.2) is 36.4 Å². The van der Waals surface area contributed by atoms with E-state index in [2.05, 4.69) is 6.92 Å². The second-order valence-corrected chi connectivity index (χ2v) is 7.37. The van der Waals surface area contributed by atoms with Gasteiger partial charge in [-0.1, -0.05) is 31.2 Å². The largest absolute Gasteiger partial charge is 0.497 e. The van der Waals surface area contributed by atoms with Crippen LogP contribution < -0.4 is 4.74 Å². The number of hydrogen-bond acceptors (Lipinski definition) is 4. The second kappa shape index (κ2) is 8.42. The first kappa shape index (κ1) is 19.2. The normalized spacial score (nSPS) is 16.2. The third kappa shape index (κ3) is 4.59. The van der Waals surface area contributed by atoms with E-state index in [1.165, 1.54) is 0 Å². The lowest BCUT2D eigenvalue weighted by Crippen LogP contribution is -2.40. The molecule has 2 aromatic carbocycles. The molecule has 27 heavy (non-hydrogen) atoms. The molecule has 3 rings (SSSR count). The Labute approximate surface area is 160 Å². The van der Waals surface area contributed by atoms with Crippen LogP contribution in [0.1, 0.15) is 38.2 Å². The summed E-state index contributed by atoms with van der Waals surface area (Å²) in [6.07, 6.45) is 2.02. The molecule has 0 spiro atoms. The first-order chi connectivity index (χ1) is 13.0. The third-order valence-corrected chi connectivity index (χ3v) is 5.40. The van der Waals surface area contributed by atoms with Gasteiger partial charge in [0.2, 0.25) is 0 Å². The third-order valence-electron chi connectivity index (χ3n) is 5.40. The molecule has 0 saturated carbocycles. The molecule has 1 saturated heterocycles. The average molecular weight is 369 g/mol. The molecule has 0 aromatic heterocycles. The number of hydrogen-bond donors (Lipinski definition) is 0. The first-order valence-corrected chi connectivity index (χ1v) is 9.50. The lowest BCUT2D eigenvalue weighted by molar-refractivity contribution is -0.153. The maximum absolute atomic E-state index is 12.4. The summed E-state index contributed by atoms with van der Waals surface area (Å²) in [5.74, 6) is 0.554. The summed E-state index contributed by atoms with van der Waals surface area (Å²) >= 11 is 0. The van der Waals surface area contributed by atoms with Gasteiger partial charge in [0.05, 0.1) is 13.0 Å². The number of fused-ring (bicyclic) bond motifs is 1. The number of benzene rings is 2. The Hall–Kier alpha value is -2.56. The highest BCUT2D eigenvalue weighted by molar-refractivity contribution is 5.87. The Morgan fingerprint density at radius 1 is 1.11 bits per heavy atom. The van der Waals surface area contributed by atoms with Crippen molar-refractivity contribution in [1.29, 1.82) is 0 Å². The van der Waals surface area contributed by atoms with Crippen LogP contribution in [0.5, 0.6) is 5.75 Å². The van der Waals surface area contributed by atoms with E-state index in [0.29, 0.717) is 5.92 Å². The summed E-state index contributed by atoms with van der Waals surface area (Å²) in [4.78, 5) is 26.4. The highest BCUT2D eigenvalue weighted by Crippen LogP contribution is 2.26. The summed E-state index contributed by atoms with van der Waals surface area (Å²) in [6, 6.07) is 11.7. The SMILES string of the molecule is COc1ccc2cc([C@H](C)C(=O)OCC(=O)N3CCC(C)CC3)ccc2c1. The number of amides is 1. The molecule has 0 N–H and O–H groups in total. The number of piperidine rings is 1. The van der Waals surface area contributed by atoms with E-state index in [4.69, 9.17) is 9.47 Å². The molecule has 144 valence electrons. The molecule has 5 nitrogen and oxygen atoms in total. The van der Waals surface area contributed by atoms with Crippen LogP contribution >= 0.6 is 0 Å². The Morgan fingerprint density at radius 3 is 2.48 bits per heavy atom. The number of likely N-dealkylation sites (tertiary alicyclic amines) is 1. The summed E-state index contributed by atoms with van der Waals surface area (Å²) in [5.41, 5.74) is 0.872. The van der Waals surface area contributed by atoms with Gasteiger partial charge in [0.1, 0.15) is 5.75 Å². The van der Waals surface area contributed by atoms with E-state index >= 15 is 0 Å². The number of carbonyl (C=O) groups is 2. The van der Waals surface area contributed by atoms with Crippen molar-refractivity contribution < 1.29 is 19.1 Å². The second-order valence-electron chi connectivity index (χ2n) is 7.37. The fraction of sp³-hybridized carbons (Fsp3) is 0.455. The molecule has 1 amide bonds. The van der Waals surface area contributed by atoms with Gasteiger partial charge in [-0.2, -0.15) is 0 Å². The topological polar surface area (TPSA) is 55.8 Å². The van der Waals surface area contributed by atoms with Crippen molar-refractivity contribution in [1.82, 2.24) is 4.90 Å². The zero-order chi connectivity index (χ0) is 19.4. The molecule has 0 bridgehead atoms.